The van der Waals surface area contributed by atoms with Crippen molar-refractivity contribution >= 4 is 28.4 Å². The van der Waals surface area contributed by atoms with E-state index < -0.39 is 0 Å². The van der Waals surface area contributed by atoms with Gasteiger partial charge in [0, 0.05) is 35.3 Å². The fraction of sp³-hybridized carbons (Fsp3) is 0.310. The van der Waals surface area contributed by atoms with Crippen LogP contribution in [0.3, 0.4) is 0 Å². The van der Waals surface area contributed by atoms with Gasteiger partial charge in [-0.25, -0.2) is 0 Å². The van der Waals surface area contributed by atoms with E-state index in [9.17, 15) is 9.59 Å². The van der Waals surface area contributed by atoms with Gasteiger partial charge in [-0.05, 0) is 75.2 Å². The molecule has 8 heteroatoms. The number of anilines is 1. The Bertz CT molecular complexity index is 1440. The van der Waals surface area contributed by atoms with Gasteiger partial charge >= 0.3 is 0 Å². The fourth-order valence-corrected chi connectivity index (χ4v) is 4.52. The molecule has 0 aliphatic heterocycles. The van der Waals surface area contributed by atoms with Crippen molar-refractivity contribution in [3.8, 4) is 11.1 Å². The first-order valence-corrected chi connectivity index (χ1v) is 12.7. The van der Waals surface area contributed by atoms with E-state index in [2.05, 4.69) is 63.9 Å². The van der Waals surface area contributed by atoms with Gasteiger partial charge in [0.15, 0.2) is 5.69 Å². The third kappa shape index (κ3) is 5.70. The minimum Gasteiger partial charge on any atom is -0.324 e. The summed E-state index contributed by atoms with van der Waals surface area (Å²) in [6.07, 6.45) is 13.2. The maximum atomic E-state index is 13.3. The highest BCUT2D eigenvalue weighted by Gasteiger charge is 2.29. The Morgan fingerprint density at radius 2 is 1.92 bits per heavy atom. The highest BCUT2D eigenvalue weighted by Crippen LogP contribution is 2.31. The van der Waals surface area contributed by atoms with Crippen molar-refractivity contribution < 1.29 is 9.59 Å². The number of nitrogens with zero attached hydrogens (tertiary/aromatic N) is 3. The molecule has 0 saturated heterocycles. The third-order valence-electron chi connectivity index (χ3n) is 6.72. The number of H-pyrrole nitrogens is 1. The summed E-state index contributed by atoms with van der Waals surface area (Å²) in [5, 5.41) is 14.0. The van der Waals surface area contributed by atoms with Gasteiger partial charge in [0.1, 0.15) is 0 Å². The Morgan fingerprint density at radius 1 is 1.08 bits per heavy atom. The summed E-state index contributed by atoms with van der Waals surface area (Å²) in [5.41, 5.74) is 6.93. The number of fused-ring (bicyclic) bond motifs is 1. The Labute approximate surface area is 216 Å². The van der Waals surface area contributed by atoms with Crippen molar-refractivity contribution in [1.82, 2.24) is 25.4 Å². The van der Waals surface area contributed by atoms with E-state index in [-0.39, 0.29) is 17.7 Å². The van der Waals surface area contributed by atoms with Crippen LogP contribution in [-0.2, 0) is 4.79 Å². The molecule has 1 fully saturated rings. The van der Waals surface area contributed by atoms with Gasteiger partial charge in [-0.1, -0.05) is 30.7 Å². The molecule has 3 aromatic rings. The molecule has 2 aliphatic carbocycles. The highest BCUT2D eigenvalue weighted by molar-refractivity contribution is 6.06. The summed E-state index contributed by atoms with van der Waals surface area (Å²) >= 11 is 0. The van der Waals surface area contributed by atoms with Gasteiger partial charge < -0.3 is 15.5 Å². The molecular formula is C29H32N6O2. The number of benzene rings is 1. The number of allylic oxidation sites excluding steroid dienone is 3. The average Bonchev–Trinajstić information content (AvgIpc) is 3.68. The van der Waals surface area contributed by atoms with E-state index in [1.165, 1.54) is 11.1 Å². The number of carbonyl (C=O) groups excluding carboxylic acids is 2. The van der Waals surface area contributed by atoms with Crippen LogP contribution in [-0.4, -0.2) is 52.5 Å². The van der Waals surface area contributed by atoms with E-state index in [1.807, 2.05) is 30.3 Å². The molecule has 190 valence electrons. The first-order chi connectivity index (χ1) is 17.9. The Morgan fingerprint density at radius 3 is 2.68 bits per heavy atom. The minimum atomic E-state index is -0.267. The molecule has 2 aromatic heterocycles. The van der Waals surface area contributed by atoms with Crippen molar-refractivity contribution in [3.63, 3.8) is 0 Å². The molecule has 2 amide bonds. The average molecular weight is 497 g/mol. The predicted octanol–water partition coefficient (Wildman–Crippen LogP) is 4.82. The molecule has 0 radical (unpaired) electrons. The second-order valence-corrected chi connectivity index (χ2v) is 9.93. The van der Waals surface area contributed by atoms with Crippen LogP contribution in [0, 0.1) is 5.92 Å². The zero-order valence-electron chi connectivity index (χ0n) is 21.5. The summed E-state index contributed by atoms with van der Waals surface area (Å²) in [7, 11) is 4.12. The lowest BCUT2D eigenvalue weighted by Crippen LogP contribution is -2.22. The number of pyridine rings is 1. The Kier molecular flexibility index (Phi) is 7.01. The standard InChI is InChI=1S/C29H32N6O2/c1-4-18-7-10-23(11-8-21(18)17-35(2)3)31-29(37)27-25-14-20(9-12-26(25)33-34-27)22-13-24(16-30-15-22)32-28(36)19-5-6-19/h8-16,19H,4-7,17H2,1-3H3,(H,31,37)(H,32,36)(H,33,34). The lowest BCUT2D eigenvalue weighted by atomic mass is 10.0. The van der Waals surface area contributed by atoms with Crippen LogP contribution in [0.15, 0.2) is 71.7 Å². The topological polar surface area (TPSA) is 103 Å². The smallest absolute Gasteiger partial charge is 0.276 e. The Hall–Kier alpha value is -4.04. The van der Waals surface area contributed by atoms with Crippen LogP contribution >= 0.6 is 0 Å². The van der Waals surface area contributed by atoms with Gasteiger partial charge in [-0.2, -0.15) is 5.10 Å². The number of aromatic amines is 1. The Balaban J connectivity index is 1.35. The monoisotopic (exact) mass is 496 g/mol. The molecule has 2 heterocycles. The number of carbonyl (C=O) groups is 2. The van der Waals surface area contributed by atoms with Crippen LogP contribution in [0.5, 0.6) is 0 Å². The molecular weight excluding hydrogens is 464 g/mol. The maximum Gasteiger partial charge on any atom is 0.276 e. The van der Waals surface area contributed by atoms with Crippen LogP contribution in [0.25, 0.3) is 22.0 Å². The quantitative estimate of drug-likeness (QED) is 0.415. The number of hydrogen-bond donors (Lipinski definition) is 3. The van der Waals surface area contributed by atoms with E-state index >= 15 is 0 Å². The largest absolute Gasteiger partial charge is 0.324 e. The van der Waals surface area contributed by atoms with Crippen molar-refractivity contribution in [3.05, 3.63) is 77.4 Å². The molecule has 0 atom stereocenters. The lowest BCUT2D eigenvalue weighted by molar-refractivity contribution is -0.117. The normalized spacial score (nSPS) is 15.6. The van der Waals surface area contributed by atoms with Gasteiger partial charge in [0.05, 0.1) is 17.4 Å². The first-order valence-electron chi connectivity index (χ1n) is 12.7. The SMILES string of the molecule is CCC1=C(CN(C)C)C=CC(NC(=O)c2n[nH]c3ccc(-c4cncc(NC(=O)C5CC5)c4)cc23)=CC1. The summed E-state index contributed by atoms with van der Waals surface area (Å²) in [5.74, 6) is -0.105. The molecule has 1 aromatic carbocycles. The second-order valence-electron chi connectivity index (χ2n) is 9.93. The van der Waals surface area contributed by atoms with E-state index in [0.29, 0.717) is 11.4 Å². The van der Waals surface area contributed by atoms with Crippen molar-refractivity contribution in [1.29, 1.82) is 0 Å². The van der Waals surface area contributed by atoms with E-state index in [0.717, 1.165) is 60.0 Å². The zero-order chi connectivity index (χ0) is 25.9. The number of aromatic nitrogens is 3. The van der Waals surface area contributed by atoms with E-state index in [1.54, 1.807) is 12.4 Å². The van der Waals surface area contributed by atoms with Gasteiger partial charge in [0.2, 0.25) is 5.91 Å². The molecule has 2 aliphatic rings. The molecule has 0 bridgehead atoms. The molecule has 1 saturated carbocycles. The molecule has 5 rings (SSSR count). The third-order valence-corrected chi connectivity index (χ3v) is 6.72. The molecule has 8 nitrogen and oxygen atoms in total. The fourth-order valence-electron chi connectivity index (χ4n) is 4.52. The van der Waals surface area contributed by atoms with Gasteiger partial charge in [-0.3, -0.25) is 19.7 Å². The maximum absolute atomic E-state index is 13.3. The summed E-state index contributed by atoms with van der Waals surface area (Å²) in [4.78, 5) is 31.9. The van der Waals surface area contributed by atoms with Gasteiger partial charge in [0.25, 0.3) is 5.91 Å². The van der Waals surface area contributed by atoms with Crippen LogP contribution in [0.4, 0.5) is 5.69 Å². The highest BCUT2D eigenvalue weighted by atomic mass is 16.2. The summed E-state index contributed by atoms with van der Waals surface area (Å²) in [6.45, 7) is 3.03. The predicted molar refractivity (Wildman–Crippen MR) is 146 cm³/mol. The van der Waals surface area contributed by atoms with Gasteiger partial charge in [-0.15, -0.1) is 0 Å². The molecule has 0 spiro atoms. The number of rotatable bonds is 8. The molecule has 37 heavy (non-hydrogen) atoms. The first kappa shape index (κ1) is 24.6. The molecule has 0 unspecified atom stereocenters. The lowest BCUT2D eigenvalue weighted by Gasteiger charge is -2.13. The number of nitrogens with one attached hydrogen (secondary N) is 3. The second kappa shape index (κ2) is 10.5. The molecule has 3 N–H and O–H groups in total. The van der Waals surface area contributed by atoms with Crippen LogP contribution in [0.2, 0.25) is 0 Å². The van der Waals surface area contributed by atoms with Crippen LogP contribution in [0.1, 0.15) is 43.1 Å². The summed E-state index contributed by atoms with van der Waals surface area (Å²) < 4.78 is 0. The number of amides is 2. The number of likely N-dealkylation sites (N-methyl/N-ethyl adjacent to an activating group) is 1. The van der Waals surface area contributed by atoms with E-state index in [4.69, 9.17) is 0 Å². The zero-order valence-corrected chi connectivity index (χ0v) is 21.5. The summed E-state index contributed by atoms with van der Waals surface area (Å²) in [6, 6.07) is 7.69. The van der Waals surface area contributed by atoms with Crippen molar-refractivity contribution in [2.24, 2.45) is 5.92 Å². The number of hydrogen-bond acceptors (Lipinski definition) is 5. The minimum absolute atomic E-state index is 0.0418. The van der Waals surface area contributed by atoms with Crippen molar-refractivity contribution in [2.45, 2.75) is 32.6 Å². The van der Waals surface area contributed by atoms with Crippen LogP contribution < -0.4 is 10.6 Å². The van der Waals surface area contributed by atoms with Crippen molar-refractivity contribution in [2.75, 3.05) is 26.0 Å².